The van der Waals surface area contributed by atoms with E-state index in [0.717, 1.165) is 5.56 Å². The lowest BCUT2D eigenvalue weighted by atomic mass is 10.2. The molecule has 2 heterocycles. The number of halogens is 1. The van der Waals surface area contributed by atoms with Gasteiger partial charge in [-0.2, -0.15) is 0 Å². The number of hydrogen-bond acceptors (Lipinski definition) is 6. The van der Waals surface area contributed by atoms with Crippen LogP contribution in [0, 0.1) is 0 Å². The maximum absolute atomic E-state index is 12.1. The Morgan fingerprint density at radius 3 is 2.68 bits per heavy atom. The average Bonchev–Trinajstić information content (AvgIpc) is 2.72. The number of nitrogens with one attached hydrogen (secondary N) is 1. The zero-order valence-electron chi connectivity index (χ0n) is 15.4. The van der Waals surface area contributed by atoms with Crippen molar-refractivity contribution in [1.82, 2.24) is 20.3 Å². The normalized spacial score (nSPS) is 10.5. The Labute approximate surface area is 173 Å². The lowest BCUT2D eigenvalue weighted by Gasteiger charge is -2.19. The number of aromatic nitrogens is 3. The molecular formula is C20H20ClN5OS. The van der Waals surface area contributed by atoms with Crippen LogP contribution in [0.1, 0.15) is 11.1 Å². The summed E-state index contributed by atoms with van der Waals surface area (Å²) in [5, 5.41) is 3.68. The van der Waals surface area contributed by atoms with Crippen LogP contribution in [0.25, 0.3) is 0 Å². The van der Waals surface area contributed by atoms with Gasteiger partial charge in [0.25, 0.3) is 0 Å². The first-order valence-corrected chi connectivity index (χ1v) is 10.0. The Balaban J connectivity index is 1.56. The van der Waals surface area contributed by atoms with Crippen molar-refractivity contribution in [2.75, 3.05) is 17.7 Å². The smallest absolute Gasteiger partial charge is 0.230 e. The number of pyridine rings is 1. The first kappa shape index (κ1) is 20.1. The number of carbonyl (C=O) groups excluding carboxylic acids is 1. The minimum Gasteiger partial charge on any atom is -0.355 e. The molecule has 0 unspecified atom stereocenters. The summed E-state index contributed by atoms with van der Waals surface area (Å²) in [4.78, 5) is 26.8. The van der Waals surface area contributed by atoms with Gasteiger partial charge in [0.15, 0.2) is 5.16 Å². The van der Waals surface area contributed by atoms with E-state index in [1.165, 1.54) is 17.3 Å². The van der Waals surface area contributed by atoms with Gasteiger partial charge in [-0.3, -0.25) is 9.78 Å². The van der Waals surface area contributed by atoms with Crippen molar-refractivity contribution in [3.63, 3.8) is 0 Å². The average molecular weight is 414 g/mol. The number of nitrogens with zero attached hydrogens (tertiary/aromatic N) is 4. The van der Waals surface area contributed by atoms with Crippen molar-refractivity contribution < 1.29 is 4.79 Å². The molecule has 0 atom stereocenters. The molecule has 1 amide bonds. The maximum atomic E-state index is 12.1. The van der Waals surface area contributed by atoms with E-state index >= 15 is 0 Å². The summed E-state index contributed by atoms with van der Waals surface area (Å²) >= 11 is 7.41. The third-order valence-electron chi connectivity index (χ3n) is 3.86. The summed E-state index contributed by atoms with van der Waals surface area (Å²) in [5.74, 6) is 0.821. The highest BCUT2D eigenvalue weighted by molar-refractivity contribution is 7.99. The van der Waals surface area contributed by atoms with Crippen LogP contribution < -0.4 is 10.2 Å². The van der Waals surface area contributed by atoms with Gasteiger partial charge in [-0.05, 0) is 17.2 Å². The van der Waals surface area contributed by atoms with Crippen LogP contribution in [0.5, 0.6) is 0 Å². The highest BCUT2D eigenvalue weighted by atomic mass is 35.5. The van der Waals surface area contributed by atoms with Crippen molar-refractivity contribution in [1.29, 1.82) is 0 Å². The van der Waals surface area contributed by atoms with Gasteiger partial charge in [-0.25, -0.2) is 9.97 Å². The first-order chi connectivity index (χ1) is 13.6. The molecule has 0 aliphatic rings. The van der Waals surface area contributed by atoms with E-state index in [1.807, 2.05) is 42.3 Å². The van der Waals surface area contributed by atoms with Crippen LogP contribution in [-0.2, 0) is 17.9 Å². The molecule has 0 aliphatic heterocycles. The molecule has 144 valence electrons. The lowest BCUT2D eigenvalue weighted by molar-refractivity contribution is -0.118. The molecule has 6 nitrogen and oxygen atoms in total. The van der Waals surface area contributed by atoms with Crippen molar-refractivity contribution in [3.8, 4) is 0 Å². The van der Waals surface area contributed by atoms with Gasteiger partial charge in [0.2, 0.25) is 5.91 Å². The molecule has 2 aromatic heterocycles. The molecule has 0 aliphatic carbocycles. The zero-order valence-corrected chi connectivity index (χ0v) is 17.0. The minimum atomic E-state index is -0.100. The summed E-state index contributed by atoms with van der Waals surface area (Å²) in [6.07, 6.45) is 3.42. The van der Waals surface area contributed by atoms with Crippen molar-refractivity contribution in [2.24, 2.45) is 0 Å². The van der Waals surface area contributed by atoms with E-state index in [9.17, 15) is 4.79 Å². The largest absolute Gasteiger partial charge is 0.355 e. The summed E-state index contributed by atoms with van der Waals surface area (Å²) in [6.45, 7) is 1.14. The van der Waals surface area contributed by atoms with Crippen LogP contribution in [0.15, 0.2) is 66.1 Å². The molecule has 0 bridgehead atoms. The van der Waals surface area contributed by atoms with E-state index in [4.69, 9.17) is 11.6 Å². The molecule has 0 radical (unpaired) electrons. The first-order valence-electron chi connectivity index (χ1n) is 8.68. The van der Waals surface area contributed by atoms with Crippen molar-refractivity contribution >= 4 is 35.1 Å². The number of thioether (sulfide) groups is 1. The van der Waals surface area contributed by atoms with Crippen LogP contribution in [-0.4, -0.2) is 33.7 Å². The number of rotatable bonds is 8. The van der Waals surface area contributed by atoms with E-state index in [-0.39, 0.29) is 11.7 Å². The van der Waals surface area contributed by atoms with E-state index in [1.54, 1.807) is 18.5 Å². The molecule has 28 heavy (non-hydrogen) atoms. The summed E-state index contributed by atoms with van der Waals surface area (Å²) in [7, 11) is 1.95. The standard InChI is InChI=1S/C20H20ClN5OS/c1-26(13-15-6-3-2-4-7-15)18-10-17(21)24-20(25-18)28-14-19(27)23-12-16-8-5-9-22-11-16/h2-11H,12-14H2,1H3,(H,23,27). The zero-order chi connectivity index (χ0) is 19.8. The fourth-order valence-corrected chi connectivity index (χ4v) is 3.38. The van der Waals surface area contributed by atoms with Crippen LogP contribution >= 0.6 is 23.4 Å². The maximum Gasteiger partial charge on any atom is 0.230 e. The summed E-state index contributed by atoms with van der Waals surface area (Å²) < 4.78 is 0. The highest BCUT2D eigenvalue weighted by Gasteiger charge is 2.11. The number of hydrogen-bond donors (Lipinski definition) is 1. The van der Waals surface area contributed by atoms with Gasteiger partial charge in [0, 0.05) is 38.6 Å². The van der Waals surface area contributed by atoms with E-state index < -0.39 is 0 Å². The van der Waals surface area contributed by atoms with Gasteiger partial charge < -0.3 is 10.2 Å². The van der Waals surface area contributed by atoms with Gasteiger partial charge in [0.1, 0.15) is 11.0 Å². The SMILES string of the molecule is CN(Cc1ccccc1)c1cc(Cl)nc(SCC(=O)NCc2cccnc2)n1. The summed E-state index contributed by atoms with van der Waals surface area (Å²) in [6, 6.07) is 15.6. The predicted molar refractivity (Wildman–Crippen MR) is 112 cm³/mol. The predicted octanol–water partition coefficient (Wildman–Crippen LogP) is 3.57. The van der Waals surface area contributed by atoms with Gasteiger partial charge in [-0.15, -0.1) is 0 Å². The second kappa shape index (κ2) is 10.1. The quantitative estimate of drug-likeness (QED) is 0.346. The number of anilines is 1. The van der Waals surface area contributed by atoms with Crippen LogP contribution in [0.2, 0.25) is 5.15 Å². The number of amides is 1. The molecule has 1 aromatic carbocycles. The summed E-state index contributed by atoms with van der Waals surface area (Å²) in [5.41, 5.74) is 2.12. The van der Waals surface area contributed by atoms with Gasteiger partial charge in [-0.1, -0.05) is 59.8 Å². The molecule has 8 heteroatoms. The number of benzene rings is 1. The third-order valence-corrected chi connectivity index (χ3v) is 4.90. The van der Waals surface area contributed by atoms with E-state index in [2.05, 4.69) is 32.4 Å². The monoisotopic (exact) mass is 413 g/mol. The van der Waals surface area contributed by atoms with Crippen LogP contribution in [0.3, 0.4) is 0 Å². The molecule has 1 N–H and O–H groups in total. The Morgan fingerprint density at radius 1 is 1.14 bits per heavy atom. The highest BCUT2D eigenvalue weighted by Crippen LogP contribution is 2.22. The van der Waals surface area contributed by atoms with E-state index in [0.29, 0.717) is 29.2 Å². The second-order valence-corrected chi connectivity index (χ2v) is 7.43. The molecule has 0 spiro atoms. The topological polar surface area (TPSA) is 71.0 Å². The Hall–Kier alpha value is -2.64. The van der Waals surface area contributed by atoms with Gasteiger partial charge in [0.05, 0.1) is 5.75 Å². The molecule has 3 rings (SSSR count). The van der Waals surface area contributed by atoms with Crippen molar-refractivity contribution in [2.45, 2.75) is 18.2 Å². The van der Waals surface area contributed by atoms with Gasteiger partial charge >= 0.3 is 0 Å². The Kier molecular flexibility index (Phi) is 7.22. The molecular weight excluding hydrogens is 394 g/mol. The molecule has 0 fully saturated rings. The van der Waals surface area contributed by atoms with Crippen molar-refractivity contribution in [3.05, 3.63) is 77.2 Å². The molecule has 0 saturated carbocycles. The lowest BCUT2D eigenvalue weighted by Crippen LogP contribution is -2.24. The second-order valence-electron chi connectivity index (χ2n) is 6.10. The Bertz CT molecular complexity index is 911. The fourth-order valence-electron chi connectivity index (χ4n) is 2.47. The third kappa shape index (κ3) is 6.21. The fraction of sp³-hybridized carbons (Fsp3) is 0.200. The number of carbonyl (C=O) groups is 1. The Morgan fingerprint density at radius 2 is 1.93 bits per heavy atom. The molecule has 0 saturated heterocycles. The molecule has 3 aromatic rings. The minimum absolute atomic E-state index is 0.100. The van der Waals surface area contributed by atoms with Crippen LogP contribution in [0.4, 0.5) is 5.82 Å².